The van der Waals surface area contributed by atoms with Crippen LogP contribution in [0.1, 0.15) is 18.4 Å². The van der Waals surface area contributed by atoms with Crippen LogP contribution in [0.4, 0.5) is 6.01 Å². The maximum Gasteiger partial charge on any atom is 0.318 e. The third-order valence-electron chi connectivity index (χ3n) is 2.56. The molecule has 1 aliphatic rings. The fourth-order valence-corrected chi connectivity index (χ4v) is 1.66. The number of piperazine rings is 1. The van der Waals surface area contributed by atoms with Gasteiger partial charge in [0.25, 0.3) is 0 Å². The van der Waals surface area contributed by atoms with E-state index in [4.69, 9.17) is 15.9 Å². The third kappa shape index (κ3) is 2.92. The van der Waals surface area contributed by atoms with Gasteiger partial charge < -0.3 is 26.1 Å². The molecule has 1 atom stereocenters. The van der Waals surface area contributed by atoms with Gasteiger partial charge in [0.15, 0.2) is 0 Å². The second-order valence-corrected chi connectivity index (χ2v) is 3.94. The average molecular weight is 240 g/mol. The van der Waals surface area contributed by atoms with Gasteiger partial charge in [0.2, 0.25) is 11.8 Å². The number of carbonyl (C=O) groups is 1. The van der Waals surface area contributed by atoms with Gasteiger partial charge >= 0.3 is 6.01 Å². The van der Waals surface area contributed by atoms with Crippen molar-refractivity contribution in [3.63, 3.8) is 0 Å². The summed E-state index contributed by atoms with van der Waals surface area (Å²) >= 11 is 0. The van der Waals surface area contributed by atoms with E-state index in [0.717, 1.165) is 26.2 Å². The first kappa shape index (κ1) is 11.8. The van der Waals surface area contributed by atoms with Gasteiger partial charge in [0.1, 0.15) is 0 Å². The third-order valence-corrected chi connectivity index (χ3v) is 2.56. The Labute approximate surface area is 98.3 Å². The summed E-state index contributed by atoms with van der Waals surface area (Å²) in [6, 6.07) is -0.182. The van der Waals surface area contributed by atoms with Crippen LogP contribution in [0.15, 0.2) is 4.42 Å². The first-order valence-corrected chi connectivity index (χ1v) is 5.50. The van der Waals surface area contributed by atoms with E-state index in [2.05, 4.69) is 15.5 Å². The zero-order valence-electron chi connectivity index (χ0n) is 9.43. The molecule has 0 unspecified atom stereocenters. The van der Waals surface area contributed by atoms with Gasteiger partial charge in [-0.3, -0.25) is 4.79 Å². The average Bonchev–Trinajstić information content (AvgIpc) is 2.78. The number of nitrogens with two attached hydrogens (primary N) is 2. The summed E-state index contributed by atoms with van der Waals surface area (Å²) in [5.74, 6) is -0.239. The van der Waals surface area contributed by atoms with Gasteiger partial charge in [0.05, 0.1) is 12.5 Å². The lowest BCUT2D eigenvalue weighted by atomic mass is 10.2. The summed E-state index contributed by atoms with van der Waals surface area (Å²) in [5.41, 5.74) is 10.8. The zero-order valence-corrected chi connectivity index (χ0v) is 9.43. The highest BCUT2D eigenvalue weighted by Gasteiger charge is 2.20. The number of anilines is 1. The Morgan fingerprint density at radius 1 is 1.47 bits per heavy atom. The number of nitrogens with zero attached hydrogens (tertiary/aromatic N) is 3. The van der Waals surface area contributed by atoms with Crippen molar-refractivity contribution in [3.05, 3.63) is 5.89 Å². The van der Waals surface area contributed by atoms with Gasteiger partial charge in [0, 0.05) is 26.2 Å². The van der Waals surface area contributed by atoms with Gasteiger partial charge in [-0.05, 0) is 0 Å². The zero-order chi connectivity index (χ0) is 12.3. The summed E-state index contributed by atoms with van der Waals surface area (Å²) < 4.78 is 5.43. The van der Waals surface area contributed by atoms with E-state index < -0.39 is 11.9 Å². The smallest absolute Gasteiger partial charge is 0.318 e. The van der Waals surface area contributed by atoms with Gasteiger partial charge in [-0.2, -0.15) is 0 Å². The summed E-state index contributed by atoms with van der Waals surface area (Å²) in [6.07, 6.45) is 0.00316. The van der Waals surface area contributed by atoms with Crippen molar-refractivity contribution in [3.8, 4) is 0 Å². The number of rotatable bonds is 4. The number of amides is 1. The molecule has 1 fully saturated rings. The van der Waals surface area contributed by atoms with E-state index in [0.29, 0.717) is 6.01 Å². The minimum Gasteiger partial charge on any atom is -0.406 e. The Hall–Kier alpha value is -1.67. The Morgan fingerprint density at radius 3 is 2.82 bits per heavy atom. The first-order chi connectivity index (χ1) is 8.16. The van der Waals surface area contributed by atoms with Crippen molar-refractivity contribution in [2.45, 2.75) is 12.5 Å². The molecule has 94 valence electrons. The second-order valence-electron chi connectivity index (χ2n) is 3.94. The fraction of sp³-hybridized carbons (Fsp3) is 0.667. The summed E-state index contributed by atoms with van der Waals surface area (Å²) in [4.78, 5) is 12.7. The van der Waals surface area contributed by atoms with Crippen LogP contribution in [0.2, 0.25) is 0 Å². The molecule has 0 radical (unpaired) electrons. The molecule has 17 heavy (non-hydrogen) atoms. The highest BCUT2D eigenvalue weighted by molar-refractivity contribution is 5.74. The summed E-state index contributed by atoms with van der Waals surface area (Å²) in [5, 5.41) is 11.0. The molecule has 2 rings (SSSR count). The molecule has 5 N–H and O–H groups in total. The lowest BCUT2D eigenvalue weighted by Crippen LogP contribution is -2.43. The number of aromatic nitrogens is 2. The molecule has 1 aliphatic heterocycles. The van der Waals surface area contributed by atoms with Crippen LogP contribution in [0, 0.1) is 0 Å². The number of hydrogen-bond acceptors (Lipinski definition) is 7. The molecule has 1 aromatic heterocycles. The monoisotopic (exact) mass is 240 g/mol. The predicted octanol–water partition coefficient (Wildman–Crippen LogP) is -1.65. The molecule has 0 spiro atoms. The highest BCUT2D eigenvalue weighted by Crippen LogP contribution is 2.18. The van der Waals surface area contributed by atoms with Crippen molar-refractivity contribution in [2.24, 2.45) is 11.5 Å². The molecule has 0 aromatic carbocycles. The standard InChI is InChI=1S/C9H16N6O2/c10-6(5-7(11)16)8-13-14-9(17-8)15-3-1-12-2-4-15/h6,12H,1-5,10H2,(H2,11,16)/t6-/m0/s1. The largest absolute Gasteiger partial charge is 0.406 e. The van der Waals surface area contributed by atoms with Gasteiger partial charge in [-0.25, -0.2) is 0 Å². The van der Waals surface area contributed by atoms with Crippen molar-refractivity contribution in [1.29, 1.82) is 0 Å². The van der Waals surface area contributed by atoms with Crippen LogP contribution in [-0.2, 0) is 4.79 Å². The topological polar surface area (TPSA) is 123 Å². The van der Waals surface area contributed by atoms with Crippen LogP contribution >= 0.6 is 0 Å². The predicted molar refractivity (Wildman–Crippen MR) is 60.1 cm³/mol. The molecular weight excluding hydrogens is 224 g/mol. The lowest BCUT2D eigenvalue weighted by Gasteiger charge is -2.25. The van der Waals surface area contributed by atoms with Crippen LogP contribution in [-0.4, -0.2) is 42.3 Å². The quantitative estimate of drug-likeness (QED) is 0.576. The Morgan fingerprint density at radius 2 is 2.18 bits per heavy atom. The molecular formula is C9H16N6O2. The van der Waals surface area contributed by atoms with Gasteiger partial charge in [-0.1, -0.05) is 5.10 Å². The van der Waals surface area contributed by atoms with Crippen molar-refractivity contribution >= 4 is 11.9 Å². The van der Waals surface area contributed by atoms with Crippen molar-refractivity contribution < 1.29 is 9.21 Å². The number of nitrogens with one attached hydrogen (secondary N) is 1. The van der Waals surface area contributed by atoms with Crippen molar-refractivity contribution in [2.75, 3.05) is 31.1 Å². The van der Waals surface area contributed by atoms with E-state index in [-0.39, 0.29) is 12.3 Å². The molecule has 1 amide bonds. The molecule has 0 aliphatic carbocycles. The molecule has 1 aromatic rings. The Balaban J connectivity index is 2.01. The van der Waals surface area contributed by atoms with Crippen LogP contribution < -0.4 is 21.7 Å². The van der Waals surface area contributed by atoms with E-state index in [1.54, 1.807) is 0 Å². The number of carbonyl (C=O) groups excluding carboxylic acids is 1. The Bertz CT molecular complexity index is 387. The molecule has 8 heteroatoms. The second kappa shape index (κ2) is 5.11. The maximum atomic E-state index is 10.7. The highest BCUT2D eigenvalue weighted by atomic mass is 16.4. The summed E-state index contributed by atoms with van der Waals surface area (Å²) in [6.45, 7) is 3.38. The van der Waals surface area contributed by atoms with Crippen LogP contribution in [0.25, 0.3) is 0 Å². The SMILES string of the molecule is NC(=O)C[C@H](N)c1nnc(N2CCNCC2)o1. The normalized spacial score (nSPS) is 18.1. The molecule has 8 nitrogen and oxygen atoms in total. The molecule has 2 heterocycles. The fourth-order valence-electron chi connectivity index (χ4n) is 1.66. The molecule has 0 bridgehead atoms. The molecule has 0 saturated carbocycles. The lowest BCUT2D eigenvalue weighted by molar-refractivity contribution is -0.118. The van der Waals surface area contributed by atoms with E-state index >= 15 is 0 Å². The maximum absolute atomic E-state index is 10.7. The first-order valence-electron chi connectivity index (χ1n) is 5.50. The number of primary amides is 1. The van der Waals surface area contributed by atoms with Crippen LogP contribution in [0.5, 0.6) is 0 Å². The van der Waals surface area contributed by atoms with E-state index in [1.807, 2.05) is 4.90 Å². The van der Waals surface area contributed by atoms with Gasteiger partial charge in [-0.15, -0.1) is 5.10 Å². The Kier molecular flexibility index (Phi) is 3.55. The minimum atomic E-state index is -0.628. The van der Waals surface area contributed by atoms with E-state index in [9.17, 15) is 4.79 Å². The minimum absolute atomic E-state index is 0.00316. The van der Waals surface area contributed by atoms with Crippen molar-refractivity contribution in [1.82, 2.24) is 15.5 Å². The summed E-state index contributed by atoms with van der Waals surface area (Å²) in [7, 11) is 0. The number of hydrogen-bond donors (Lipinski definition) is 3. The van der Waals surface area contributed by atoms with E-state index in [1.165, 1.54) is 0 Å². The van der Waals surface area contributed by atoms with Crippen LogP contribution in [0.3, 0.4) is 0 Å². The molecule has 1 saturated heterocycles.